The van der Waals surface area contributed by atoms with Gasteiger partial charge in [-0.1, -0.05) is 324 Å². The number of hydrogen-bond donors (Lipinski definition) is 3. The Morgan fingerprint density at radius 1 is 0.477 bits per heavy atom. The van der Waals surface area contributed by atoms with Crippen LogP contribution in [0.25, 0.3) is 0 Å². The van der Waals surface area contributed by atoms with Crippen molar-refractivity contribution in [2.75, 3.05) is 19.8 Å². The number of ether oxygens (including phenoxy) is 4. The minimum atomic E-state index is -0.595. The molecule has 149 heavy (non-hydrogen) atoms. The summed E-state index contributed by atoms with van der Waals surface area (Å²) in [5.74, 6) is 1.04. The summed E-state index contributed by atoms with van der Waals surface area (Å²) < 4.78 is 27.4. The molecule has 3 fully saturated rings. The van der Waals surface area contributed by atoms with E-state index in [9.17, 15) is 59.9 Å². The van der Waals surface area contributed by atoms with Crippen molar-refractivity contribution in [1.82, 2.24) is 13.7 Å². The molecule has 4 aliphatic rings. The highest BCUT2D eigenvalue weighted by Gasteiger charge is 2.52. The fraction of sp³-hybridized carbons (Fsp3) is 0.621. The first-order valence-corrected chi connectivity index (χ1v) is 56.8. The number of carbonyl (C=O) groups is 3. The summed E-state index contributed by atoms with van der Waals surface area (Å²) >= 11 is 0. The Morgan fingerprint density at radius 2 is 0.886 bits per heavy atom. The largest absolute Gasteiger partial charge is 0.493 e. The van der Waals surface area contributed by atoms with Crippen LogP contribution in [0.4, 0.5) is 34.1 Å². The summed E-state index contributed by atoms with van der Waals surface area (Å²) in [6, 6.07) is 33.3. The van der Waals surface area contributed by atoms with E-state index < -0.39 is 40.5 Å². The number of nitrogens with zero attached hydrogens (tertiary/aromatic N) is 12. The van der Waals surface area contributed by atoms with Crippen molar-refractivity contribution >= 4 is 52.0 Å². The van der Waals surface area contributed by atoms with Crippen molar-refractivity contribution in [3.05, 3.63) is 201 Å². The molecule has 10 atom stereocenters. The molecule has 3 aromatic heterocycles. The van der Waals surface area contributed by atoms with Gasteiger partial charge in [0, 0.05) is 50.0 Å². The first-order chi connectivity index (χ1) is 71.7. The van der Waals surface area contributed by atoms with Crippen LogP contribution in [0.3, 0.4) is 0 Å². The maximum Gasteiger partial charge on any atom is 0.340 e. The number of nitriles is 3. The number of esters is 3. The Kier molecular flexibility index (Phi) is 50.6. The van der Waals surface area contributed by atoms with Crippen LogP contribution in [-0.4, -0.2) is 79.0 Å². The van der Waals surface area contributed by atoms with Gasteiger partial charge in [-0.3, -0.25) is 28.1 Å². The van der Waals surface area contributed by atoms with Crippen molar-refractivity contribution < 1.29 is 48.7 Å². The van der Waals surface area contributed by atoms with Crippen LogP contribution in [0.15, 0.2) is 148 Å². The second-order valence-electron chi connectivity index (χ2n) is 44.5. The van der Waals surface area contributed by atoms with Gasteiger partial charge in [-0.25, -0.2) is 14.4 Å². The maximum absolute atomic E-state index is 14.3. The molecule has 0 bridgehead atoms. The van der Waals surface area contributed by atoms with Crippen LogP contribution in [-0.2, 0) is 50.9 Å². The predicted molar refractivity (Wildman–Crippen MR) is 595 cm³/mol. The molecular formula is C124H176N12O13. The fourth-order valence-corrected chi connectivity index (χ4v) is 22.8. The van der Waals surface area contributed by atoms with E-state index in [0.717, 1.165) is 101 Å². The molecule has 0 amide bonds. The van der Waals surface area contributed by atoms with E-state index in [1.807, 2.05) is 12.1 Å². The summed E-state index contributed by atoms with van der Waals surface area (Å²) in [6.45, 7) is 35.5. The van der Waals surface area contributed by atoms with Gasteiger partial charge in [0.2, 0.25) is 17.6 Å². The standard InChI is InChI=1S/C47H74N4O5.C44H56N4O4.C33H46N4O4/c1-7-9-11-13-15-16-18-20-25-38(24-19-17-14-12-10-8-2)34-55-31-23-30-51-45(52)41(33-48)37(6)44(46(51)53)50-49-42-27-22-21-26-40(42)47(54)56-43-32-36(5)28-29-39(43)35(3)4;1-26(2)30-15-18-35-31(23-30)16-19-38-43(7,20-11-21-44(35,38)8)25-48-40(49)34(24-45)29(6)39(41(48)50)47-46-36-13-10-9-12-33(36)42(51)52-37-22-28(5)14-17-32(37)27(3)4;1-4-5-6-7-8-9-10-11-12-13-14-15-16-17-18-21-24-41-33(40)27-22-19-20-23-29(27)35-36-30-26(2)28(25-34)31(38)37(3)32(30)39/h21-22,26-27,35-36,38-39,43,52H,7-20,23-25,28-32,34H2,1-6H3;9-10,12-13,15,18,23,26-28,32,37-38,49H,11,14,16-17,19-22,25H2,1-8H3;11-12,19-20,22-23,38H,4-10,13-18,21,24H2,1-3H3. The second-order valence-corrected chi connectivity index (χ2v) is 44.5. The highest BCUT2D eigenvalue weighted by atomic mass is 16.6. The lowest BCUT2D eigenvalue weighted by Crippen LogP contribution is -2.51. The summed E-state index contributed by atoms with van der Waals surface area (Å²) in [6.07, 6.45) is 53.3. The molecule has 11 rings (SSSR count). The molecule has 0 aliphatic heterocycles. The number of benzene rings is 4. The number of pyridine rings is 3. The minimum absolute atomic E-state index is 0.00441. The molecule has 0 radical (unpaired) electrons. The van der Waals surface area contributed by atoms with Crippen molar-refractivity contribution in [3.8, 4) is 35.8 Å². The number of carbonyl (C=O) groups excluding carboxylic acids is 3. The Morgan fingerprint density at radius 3 is 1.34 bits per heavy atom. The maximum atomic E-state index is 14.3. The van der Waals surface area contributed by atoms with Crippen LogP contribution in [0.2, 0.25) is 0 Å². The zero-order valence-electron chi connectivity index (χ0n) is 93.2. The van der Waals surface area contributed by atoms with Gasteiger partial charge in [-0.05, 0) is 241 Å². The first-order valence-electron chi connectivity index (χ1n) is 56.8. The topological polar surface area (TPSA) is 360 Å². The van der Waals surface area contributed by atoms with Crippen molar-refractivity contribution in [3.63, 3.8) is 0 Å². The molecule has 3 saturated carbocycles. The molecule has 0 saturated heterocycles. The minimum Gasteiger partial charge on any atom is -0.493 e. The Balaban J connectivity index is 0.000000251. The number of allylic oxidation sites excluding steroid dienone is 2. The van der Waals surface area contributed by atoms with Crippen molar-refractivity contribution in [1.29, 1.82) is 15.8 Å². The molecular weight excluding hydrogens is 1870 g/mol. The van der Waals surface area contributed by atoms with E-state index >= 15 is 0 Å². The molecule has 3 N–H and O–H groups in total. The van der Waals surface area contributed by atoms with Gasteiger partial charge in [0.15, 0.2) is 17.1 Å². The lowest BCUT2D eigenvalue weighted by atomic mass is 9.49. The Hall–Kier alpha value is -11.5. The molecule has 3 heterocycles. The number of fused-ring (bicyclic) bond motifs is 3. The zero-order chi connectivity index (χ0) is 108. The zero-order valence-corrected chi connectivity index (χ0v) is 93.2. The highest BCUT2D eigenvalue weighted by molar-refractivity contribution is 5.96. The average Bonchev–Trinajstić information content (AvgIpc) is 0.718. The van der Waals surface area contributed by atoms with Crippen molar-refractivity contribution in [2.45, 2.75) is 417 Å². The first kappa shape index (κ1) is 121. The quantitative estimate of drug-likeness (QED) is 0.0105. The van der Waals surface area contributed by atoms with E-state index in [-0.39, 0.29) is 138 Å². The predicted octanol–water partition coefficient (Wildman–Crippen LogP) is 32.6. The third-order valence-electron chi connectivity index (χ3n) is 32.0. The van der Waals surface area contributed by atoms with Crippen LogP contribution in [0, 0.1) is 108 Å². The second kappa shape index (κ2) is 62.3. The normalized spacial score (nSPS) is 19.3. The summed E-state index contributed by atoms with van der Waals surface area (Å²) in [7, 11) is 1.35. The highest BCUT2D eigenvalue weighted by Crippen LogP contribution is 2.59. The van der Waals surface area contributed by atoms with Crippen LogP contribution >= 0.6 is 0 Å². The molecule has 7 aromatic rings. The van der Waals surface area contributed by atoms with Gasteiger partial charge >= 0.3 is 17.9 Å². The van der Waals surface area contributed by atoms with E-state index in [1.165, 1.54) is 207 Å². The van der Waals surface area contributed by atoms with Gasteiger partial charge in [0.25, 0.3) is 16.7 Å². The third-order valence-corrected chi connectivity index (χ3v) is 32.0. The van der Waals surface area contributed by atoms with Crippen molar-refractivity contribution in [2.24, 2.45) is 90.5 Å². The number of aromatic hydroxyl groups is 3. The van der Waals surface area contributed by atoms with Gasteiger partial charge in [-0.2, -0.15) is 15.8 Å². The molecule has 25 nitrogen and oxygen atoms in total. The van der Waals surface area contributed by atoms with Crippen LogP contribution < -0.4 is 16.7 Å². The summed E-state index contributed by atoms with van der Waals surface area (Å²) in [4.78, 5) is 80.4. The number of hydrogen-bond acceptors (Lipinski definition) is 22. The smallest absolute Gasteiger partial charge is 0.340 e. The van der Waals surface area contributed by atoms with Gasteiger partial charge in [-0.15, -0.1) is 30.7 Å². The number of azo groups is 3. The molecule has 4 aliphatic carbocycles. The summed E-state index contributed by atoms with van der Waals surface area (Å²) in [5.41, 5.74) is 4.27. The van der Waals surface area contributed by atoms with E-state index in [0.29, 0.717) is 73.6 Å². The average molecular weight is 2040 g/mol. The monoisotopic (exact) mass is 2040 g/mol. The van der Waals surface area contributed by atoms with E-state index in [4.69, 9.17) is 18.9 Å². The summed E-state index contributed by atoms with van der Waals surface area (Å²) in [5, 5.41) is 87.6. The molecule has 0 spiro atoms. The number of unbranched alkanes of at least 4 members (excludes halogenated alkanes) is 24. The van der Waals surface area contributed by atoms with Gasteiger partial charge < -0.3 is 34.3 Å². The molecule has 25 heteroatoms. The lowest BCUT2D eigenvalue weighted by Gasteiger charge is -2.55. The van der Waals surface area contributed by atoms with Crippen LogP contribution in [0.1, 0.15) is 440 Å². The van der Waals surface area contributed by atoms with E-state index in [1.54, 1.807) is 86.6 Å². The van der Waals surface area contributed by atoms with E-state index in [2.05, 4.69) is 157 Å². The van der Waals surface area contributed by atoms with Gasteiger partial charge in [0.1, 0.15) is 64.2 Å². The number of aromatic nitrogens is 3. The molecule has 4 aromatic carbocycles. The molecule has 10 unspecified atom stereocenters. The lowest BCUT2D eigenvalue weighted by molar-refractivity contribution is -0.0181. The third kappa shape index (κ3) is 34.8. The van der Waals surface area contributed by atoms with Gasteiger partial charge in [0.05, 0.1) is 23.3 Å². The fourth-order valence-electron chi connectivity index (χ4n) is 22.8. The molecule has 810 valence electrons. The Labute approximate surface area is 889 Å². The van der Waals surface area contributed by atoms with Crippen LogP contribution in [0.5, 0.6) is 17.6 Å². The SMILES string of the molecule is CCCCCCCCC=CCCCCCCCCOC(=O)c1ccccc1N=Nc1c(C)c(C#N)c(O)n(C)c1=O.CCCCCCCCCCC(CCCCCCCC)COCCCn1c(O)c(C#N)c(C)c(N=Nc2ccccc2C(=O)OC2CC(C)CCC2C(C)C)c1=O.Cc1c(C#N)c(O)n(CC2(C)CCCC3(C)c4ccc(C(C)C)cc4CCC23)c(=O)c1N=Nc1ccccc1C(=O)OC1CC(C)CCC1C(C)C. The number of aryl methyl sites for hydroxylation is 1. The Bertz CT molecular complexity index is 5920. The number of rotatable bonds is 54.